The van der Waals surface area contributed by atoms with E-state index in [9.17, 15) is 0 Å². The number of allylic oxidation sites excluding steroid dienone is 7. The average Bonchev–Trinajstić information content (AvgIpc) is 2.71. The van der Waals surface area contributed by atoms with Crippen molar-refractivity contribution in [3.05, 3.63) is 49.1 Å². The Morgan fingerprint density at radius 1 is 1.07 bits per heavy atom. The van der Waals surface area contributed by atoms with Crippen LogP contribution in [-0.4, -0.2) is 0 Å². The second-order valence-electron chi connectivity index (χ2n) is 6.40. The average molecular weight is 371 g/mol. The monoisotopic (exact) mass is 370 g/mol. The van der Waals surface area contributed by atoms with Gasteiger partial charge in [-0.2, -0.15) is 0 Å². The normalized spacial score (nSPS) is 15.9. The Hall–Kier alpha value is -2.80. The Morgan fingerprint density at radius 3 is 2.32 bits per heavy atom. The van der Waals surface area contributed by atoms with Crippen LogP contribution in [0.4, 0.5) is 0 Å². The van der Waals surface area contributed by atoms with E-state index in [2.05, 4.69) is 92.2 Å². The van der Waals surface area contributed by atoms with Gasteiger partial charge in [0.05, 0.1) is 5.41 Å². The van der Waals surface area contributed by atoms with Gasteiger partial charge >= 0.3 is 0 Å². The molecule has 146 valence electrons. The van der Waals surface area contributed by atoms with Crippen LogP contribution < -0.4 is 0 Å². The Labute approximate surface area is 174 Å². The predicted octanol–water partition coefficient (Wildman–Crippen LogP) is 6.73. The Bertz CT molecular complexity index is 792. The van der Waals surface area contributed by atoms with Gasteiger partial charge in [-0.15, -0.1) is 18.9 Å². The lowest BCUT2D eigenvalue weighted by Crippen LogP contribution is -2.41. The predicted molar refractivity (Wildman–Crippen MR) is 125 cm³/mol. The molecule has 0 heteroatoms. The minimum atomic E-state index is -1.01. The molecule has 0 fully saturated rings. The molecule has 0 aliphatic carbocycles. The quantitative estimate of drug-likeness (QED) is 0.312. The van der Waals surface area contributed by atoms with E-state index in [0.29, 0.717) is 6.42 Å². The van der Waals surface area contributed by atoms with E-state index in [0.717, 1.165) is 19.3 Å². The molecule has 0 saturated carbocycles. The van der Waals surface area contributed by atoms with Crippen molar-refractivity contribution in [2.24, 2.45) is 16.7 Å². The van der Waals surface area contributed by atoms with Gasteiger partial charge in [-0.1, -0.05) is 93.4 Å². The highest BCUT2D eigenvalue weighted by Gasteiger charge is 2.49. The van der Waals surface area contributed by atoms with Crippen LogP contribution in [0.25, 0.3) is 0 Å². The molecule has 0 saturated heterocycles. The van der Waals surface area contributed by atoms with Gasteiger partial charge in [0, 0.05) is 12.3 Å². The molecule has 0 rings (SSSR count). The van der Waals surface area contributed by atoms with Crippen LogP contribution in [0.1, 0.15) is 60.3 Å². The van der Waals surface area contributed by atoms with E-state index < -0.39 is 10.8 Å². The standard InChI is InChI=1S/C28H34/c1-8-15-19-21-26(13-6)28(22-12-5,25-18-11-4)27(14-7,23-17-10-3)24-20-16-9-2/h7,12-13,18-19,21-22,25-26H,6,8,10-11,15H2,1-5H3. The van der Waals surface area contributed by atoms with Crippen LogP contribution in [0.3, 0.4) is 0 Å². The summed E-state index contributed by atoms with van der Waals surface area (Å²) in [4.78, 5) is 0. The van der Waals surface area contributed by atoms with Crippen LogP contribution in [0.5, 0.6) is 0 Å². The summed E-state index contributed by atoms with van der Waals surface area (Å²) in [7, 11) is 0. The molecule has 0 aliphatic rings. The van der Waals surface area contributed by atoms with Crippen molar-refractivity contribution in [3.63, 3.8) is 0 Å². The van der Waals surface area contributed by atoms with Gasteiger partial charge in [-0.3, -0.25) is 0 Å². The third-order valence-electron chi connectivity index (χ3n) is 4.43. The van der Waals surface area contributed by atoms with Crippen molar-refractivity contribution in [1.29, 1.82) is 0 Å². The van der Waals surface area contributed by atoms with Gasteiger partial charge in [0.1, 0.15) is 0 Å². The summed E-state index contributed by atoms with van der Waals surface area (Å²) < 4.78 is 0. The summed E-state index contributed by atoms with van der Waals surface area (Å²) in [5, 5.41) is 0. The largest absolute Gasteiger partial charge is 0.165 e. The maximum atomic E-state index is 6.14. The fourth-order valence-electron chi connectivity index (χ4n) is 3.06. The van der Waals surface area contributed by atoms with Crippen LogP contribution >= 0.6 is 0 Å². The highest BCUT2D eigenvalue weighted by Crippen LogP contribution is 2.49. The smallest absolute Gasteiger partial charge is 0.117 e. The van der Waals surface area contributed by atoms with Crippen molar-refractivity contribution in [2.45, 2.75) is 60.3 Å². The van der Waals surface area contributed by atoms with Crippen molar-refractivity contribution < 1.29 is 0 Å². The van der Waals surface area contributed by atoms with Gasteiger partial charge in [0.25, 0.3) is 0 Å². The summed E-state index contributed by atoms with van der Waals surface area (Å²) in [5.74, 6) is 21.2. The molecule has 0 aromatic heterocycles. The van der Waals surface area contributed by atoms with Gasteiger partial charge in [-0.05, 0) is 38.5 Å². The second kappa shape index (κ2) is 14.3. The van der Waals surface area contributed by atoms with Gasteiger partial charge in [0.2, 0.25) is 0 Å². The van der Waals surface area contributed by atoms with Crippen molar-refractivity contribution in [1.82, 2.24) is 0 Å². The number of terminal acetylenes is 1. The van der Waals surface area contributed by atoms with E-state index >= 15 is 0 Å². The minimum absolute atomic E-state index is 0.0517. The number of hydrogen-bond donors (Lipinski definition) is 0. The fourth-order valence-corrected chi connectivity index (χ4v) is 3.06. The SMILES string of the molecule is C#CC(C#CC#CC)(C#CCC)C(C=CC)(C=CCC)C(C=C)C=CCCC. The molecule has 28 heavy (non-hydrogen) atoms. The molecule has 3 unspecified atom stereocenters. The lowest BCUT2D eigenvalue weighted by atomic mass is 9.57. The van der Waals surface area contributed by atoms with Crippen LogP contribution in [0.15, 0.2) is 49.1 Å². The molecule has 3 atom stereocenters. The Morgan fingerprint density at radius 2 is 1.82 bits per heavy atom. The molecule has 0 amide bonds. The molecule has 0 aromatic rings. The number of rotatable bonds is 9. The van der Waals surface area contributed by atoms with E-state index in [1.165, 1.54) is 0 Å². The molecule has 0 heterocycles. The Kier molecular flexibility index (Phi) is 12.9. The van der Waals surface area contributed by atoms with Crippen molar-refractivity contribution >= 4 is 0 Å². The van der Waals surface area contributed by atoms with Crippen LogP contribution in [0.2, 0.25) is 0 Å². The topological polar surface area (TPSA) is 0 Å². The highest BCUT2D eigenvalue weighted by atomic mass is 14.5. The fraction of sp³-hybridized carbons (Fsp3) is 0.429. The van der Waals surface area contributed by atoms with Gasteiger partial charge in [0.15, 0.2) is 5.41 Å². The highest BCUT2D eigenvalue weighted by molar-refractivity contribution is 5.50. The molecule has 0 N–H and O–H groups in total. The first-order valence-electron chi connectivity index (χ1n) is 10.1. The first-order chi connectivity index (χ1) is 13.6. The van der Waals surface area contributed by atoms with E-state index in [-0.39, 0.29) is 5.92 Å². The molecule has 0 spiro atoms. The van der Waals surface area contributed by atoms with Crippen LogP contribution in [-0.2, 0) is 0 Å². The molecular weight excluding hydrogens is 336 g/mol. The third kappa shape index (κ3) is 6.42. The molecular formula is C28H34. The lowest BCUT2D eigenvalue weighted by Gasteiger charge is -2.42. The van der Waals surface area contributed by atoms with E-state index in [4.69, 9.17) is 6.42 Å². The van der Waals surface area contributed by atoms with E-state index in [1.807, 2.05) is 26.0 Å². The summed E-state index contributed by atoms with van der Waals surface area (Å²) >= 11 is 0. The third-order valence-corrected chi connectivity index (χ3v) is 4.43. The molecule has 0 aromatic carbocycles. The molecule has 0 bridgehead atoms. The molecule has 0 nitrogen and oxygen atoms in total. The summed E-state index contributed by atoms with van der Waals surface area (Å²) in [6, 6.07) is 0. The summed E-state index contributed by atoms with van der Waals surface area (Å²) in [5.41, 5.74) is -1.65. The van der Waals surface area contributed by atoms with Crippen molar-refractivity contribution in [3.8, 4) is 47.9 Å². The molecule has 0 radical (unpaired) electrons. The van der Waals surface area contributed by atoms with Gasteiger partial charge < -0.3 is 0 Å². The zero-order chi connectivity index (χ0) is 21.3. The lowest BCUT2D eigenvalue weighted by molar-refractivity contribution is 0.305. The van der Waals surface area contributed by atoms with Crippen LogP contribution in [0, 0.1) is 64.6 Å². The van der Waals surface area contributed by atoms with Gasteiger partial charge in [-0.25, -0.2) is 0 Å². The zero-order valence-electron chi connectivity index (χ0n) is 18.2. The summed E-state index contributed by atoms with van der Waals surface area (Å²) in [6.07, 6.45) is 24.6. The first-order valence-corrected chi connectivity index (χ1v) is 10.1. The maximum Gasteiger partial charge on any atom is 0.165 e. The van der Waals surface area contributed by atoms with Crippen molar-refractivity contribution in [2.75, 3.05) is 0 Å². The number of unbranched alkanes of at least 4 members (excludes halogenated alkanes) is 1. The summed E-state index contributed by atoms with van der Waals surface area (Å²) in [6.45, 7) is 14.2. The minimum Gasteiger partial charge on any atom is -0.117 e. The van der Waals surface area contributed by atoms with E-state index in [1.54, 1.807) is 6.92 Å². The first kappa shape index (κ1) is 25.2. The Balaban J connectivity index is 7.15. The molecule has 0 aliphatic heterocycles. The number of hydrogen-bond acceptors (Lipinski definition) is 0. The zero-order valence-corrected chi connectivity index (χ0v) is 18.2. The second-order valence-corrected chi connectivity index (χ2v) is 6.40. The maximum absolute atomic E-state index is 6.14.